The van der Waals surface area contributed by atoms with Crippen LogP contribution < -0.4 is 9.47 Å². The Hall–Kier alpha value is -2.57. The molecular weight excluding hydrogens is 247 g/mol. The molecule has 1 rings (SSSR count). The van der Waals surface area contributed by atoms with E-state index in [1.807, 2.05) is 0 Å². The second-order valence-electron chi connectivity index (χ2n) is 3.05. The van der Waals surface area contributed by atoms with Crippen LogP contribution in [-0.4, -0.2) is 29.3 Å². The van der Waals surface area contributed by atoms with Gasteiger partial charge in [0.15, 0.2) is 11.6 Å². The SMILES string of the molecule is COc1ccc(O/C(=C\C(=O)O)C(=O)O)cc1F. The number of carboxylic acid groups (broad SMARTS) is 2. The second kappa shape index (κ2) is 5.67. The van der Waals surface area contributed by atoms with E-state index in [-0.39, 0.29) is 11.5 Å². The van der Waals surface area contributed by atoms with Gasteiger partial charge in [-0.05, 0) is 12.1 Å². The van der Waals surface area contributed by atoms with E-state index in [0.29, 0.717) is 6.08 Å². The van der Waals surface area contributed by atoms with Crippen LogP contribution in [-0.2, 0) is 9.59 Å². The summed E-state index contributed by atoms with van der Waals surface area (Å²) in [6.07, 6.45) is 0.366. The highest BCUT2D eigenvalue weighted by Crippen LogP contribution is 2.23. The average Bonchev–Trinajstić information content (AvgIpc) is 2.27. The molecule has 18 heavy (non-hydrogen) atoms. The Bertz CT molecular complexity index is 508. The number of ether oxygens (including phenoxy) is 2. The van der Waals surface area contributed by atoms with Gasteiger partial charge in [0.2, 0.25) is 5.76 Å². The van der Waals surface area contributed by atoms with Crippen molar-refractivity contribution in [2.24, 2.45) is 0 Å². The van der Waals surface area contributed by atoms with E-state index in [9.17, 15) is 14.0 Å². The molecule has 0 heterocycles. The van der Waals surface area contributed by atoms with E-state index in [0.717, 1.165) is 6.07 Å². The molecule has 2 N–H and O–H groups in total. The van der Waals surface area contributed by atoms with Crippen LogP contribution in [0.2, 0.25) is 0 Å². The molecule has 6 nitrogen and oxygen atoms in total. The number of hydrogen-bond donors (Lipinski definition) is 2. The van der Waals surface area contributed by atoms with Crippen LogP contribution in [0.5, 0.6) is 11.5 Å². The Morgan fingerprint density at radius 1 is 1.33 bits per heavy atom. The van der Waals surface area contributed by atoms with E-state index in [1.165, 1.54) is 19.2 Å². The first-order valence-electron chi connectivity index (χ1n) is 4.63. The van der Waals surface area contributed by atoms with Gasteiger partial charge < -0.3 is 19.7 Å². The predicted molar refractivity (Wildman–Crippen MR) is 56.9 cm³/mol. The molecule has 0 aliphatic heterocycles. The lowest BCUT2D eigenvalue weighted by Gasteiger charge is -2.07. The molecule has 0 saturated heterocycles. The highest BCUT2D eigenvalue weighted by molar-refractivity contribution is 5.93. The molecule has 0 aliphatic carbocycles. The smallest absolute Gasteiger partial charge is 0.372 e. The number of rotatable bonds is 5. The maximum Gasteiger partial charge on any atom is 0.372 e. The van der Waals surface area contributed by atoms with Gasteiger partial charge in [0.05, 0.1) is 13.2 Å². The zero-order chi connectivity index (χ0) is 13.7. The zero-order valence-electron chi connectivity index (χ0n) is 9.21. The van der Waals surface area contributed by atoms with Gasteiger partial charge in [-0.15, -0.1) is 0 Å². The van der Waals surface area contributed by atoms with Gasteiger partial charge in [0.1, 0.15) is 5.75 Å². The molecule has 7 heteroatoms. The van der Waals surface area contributed by atoms with Gasteiger partial charge in [0.25, 0.3) is 0 Å². The Balaban J connectivity index is 2.98. The molecule has 0 aromatic heterocycles. The summed E-state index contributed by atoms with van der Waals surface area (Å²) in [4.78, 5) is 21.0. The van der Waals surface area contributed by atoms with Gasteiger partial charge >= 0.3 is 11.9 Å². The number of hydrogen-bond acceptors (Lipinski definition) is 4. The Morgan fingerprint density at radius 2 is 2.00 bits per heavy atom. The normalized spacial score (nSPS) is 10.9. The van der Waals surface area contributed by atoms with Crippen molar-refractivity contribution in [1.82, 2.24) is 0 Å². The molecule has 1 aromatic rings. The van der Waals surface area contributed by atoms with E-state index in [4.69, 9.17) is 14.9 Å². The molecule has 1 aromatic carbocycles. The number of benzene rings is 1. The topological polar surface area (TPSA) is 93.1 Å². The van der Waals surface area contributed by atoms with Crippen LogP contribution in [0, 0.1) is 5.82 Å². The van der Waals surface area contributed by atoms with E-state index in [2.05, 4.69) is 4.74 Å². The minimum atomic E-state index is -1.58. The van der Waals surface area contributed by atoms with Gasteiger partial charge in [-0.1, -0.05) is 0 Å². The monoisotopic (exact) mass is 256 g/mol. The minimum absolute atomic E-state index is 0.0403. The maximum atomic E-state index is 13.3. The molecule has 96 valence electrons. The van der Waals surface area contributed by atoms with Crippen LogP contribution in [0.3, 0.4) is 0 Å². The fraction of sp³-hybridized carbons (Fsp3) is 0.0909. The van der Waals surface area contributed by atoms with Crippen molar-refractivity contribution >= 4 is 11.9 Å². The fourth-order valence-electron chi connectivity index (χ4n) is 1.08. The van der Waals surface area contributed by atoms with Gasteiger partial charge in [-0.3, -0.25) is 0 Å². The Kier molecular flexibility index (Phi) is 4.25. The minimum Gasteiger partial charge on any atom is -0.494 e. The lowest BCUT2D eigenvalue weighted by atomic mass is 10.3. The summed E-state index contributed by atoms with van der Waals surface area (Å²) in [5, 5.41) is 17.1. The molecule has 0 aliphatic rings. The first-order chi connectivity index (χ1) is 8.43. The Morgan fingerprint density at radius 3 is 2.44 bits per heavy atom. The first-order valence-corrected chi connectivity index (χ1v) is 4.63. The standard InChI is InChI=1S/C11H9FO6/c1-17-8-3-2-6(4-7(8)12)18-9(11(15)16)5-10(13)14/h2-5H,1H3,(H,13,14)(H,15,16)/b9-5-. The summed E-state index contributed by atoms with van der Waals surface area (Å²) in [7, 11) is 1.27. The number of methoxy groups -OCH3 is 1. The fourth-order valence-corrected chi connectivity index (χ4v) is 1.08. The Labute approximate surface area is 101 Å². The quantitative estimate of drug-likeness (QED) is 0.608. The average molecular weight is 256 g/mol. The zero-order valence-corrected chi connectivity index (χ0v) is 9.21. The molecule has 0 radical (unpaired) electrons. The van der Waals surface area contributed by atoms with Crippen molar-refractivity contribution in [2.75, 3.05) is 7.11 Å². The molecule has 0 fully saturated rings. The van der Waals surface area contributed by atoms with Gasteiger partial charge in [-0.2, -0.15) is 0 Å². The van der Waals surface area contributed by atoms with Gasteiger partial charge in [-0.25, -0.2) is 14.0 Å². The number of halogens is 1. The van der Waals surface area contributed by atoms with Crippen LogP contribution in [0.25, 0.3) is 0 Å². The summed E-state index contributed by atoms with van der Waals surface area (Å²) < 4.78 is 22.7. The number of carboxylic acids is 2. The summed E-state index contributed by atoms with van der Waals surface area (Å²) in [5.41, 5.74) is 0. The third-order valence-corrected chi connectivity index (χ3v) is 1.82. The predicted octanol–water partition coefficient (Wildman–Crippen LogP) is 1.27. The van der Waals surface area contributed by atoms with Gasteiger partial charge in [0, 0.05) is 6.07 Å². The lowest BCUT2D eigenvalue weighted by Crippen LogP contribution is -2.10. The number of carbonyl (C=O) groups is 2. The largest absolute Gasteiger partial charge is 0.494 e. The number of aliphatic carboxylic acids is 2. The van der Waals surface area contributed by atoms with Crippen molar-refractivity contribution in [3.8, 4) is 11.5 Å². The molecule has 0 bridgehead atoms. The van der Waals surface area contributed by atoms with Crippen molar-refractivity contribution in [1.29, 1.82) is 0 Å². The maximum absolute atomic E-state index is 13.3. The molecule has 0 spiro atoms. The van der Waals surface area contributed by atoms with Crippen molar-refractivity contribution in [3.63, 3.8) is 0 Å². The summed E-state index contributed by atoms with van der Waals surface area (Å²) in [5.74, 6) is -4.83. The summed E-state index contributed by atoms with van der Waals surface area (Å²) in [6, 6.07) is 3.36. The summed E-state index contributed by atoms with van der Waals surface area (Å²) in [6.45, 7) is 0. The second-order valence-corrected chi connectivity index (χ2v) is 3.05. The van der Waals surface area contributed by atoms with Crippen LogP contribution >= 0.6 is 0 Å². The van der Waals surface area contributed by atoms with Crippen molar-refractivity contribution < 1.29 is 33.7 Å². The molecule has 0 saturated carbocycles. The van der Waals surface area contributed by atoms with Crippen molar-refractivity contribution in [3.05, 3.63) is 35.9 Å². The van der Waals surface area contributed by atoms with Crippen LogP contribution in [0.15, 0.2) is 30.0 Å². The molecule has 0 unspecified atom stereocenters. The highest BCUT2D eigenvalue weighted by Gasteiger charge is 2.13. The van der Waals surface area contributed by atoms with Crippen LogP contribution in [0.1, 0.15) is 0 Å². The molecule has 0 atom stereocenters. The summed E-state index contributed by atoms with van der Waals surface area (Å²) >= 11 is 0. The van der Waals surface area contributed by atoms with Crippen LogP contribution in [0.4, 0.5) is 4.39 Å². The van der Waals surface area contributed by atoms with E-state index in [1.54, 1.807) is 0 Å². The van der Waals surface area contributed by atoms with Crippen molar-refractivity contribution in [2.45, 2.75) is 0 Å². The van der Waals surface area contributed by atoms with E-state index < -0.39 is 23.5 Å². The van der Waals surface area contributed by atoms with E-state index >= 15 is 0 Å². The third kappa shape index (κ3) is 3.48. The highest BCUT2D eigenvalue weighted by atomic mass is 19.1. The molecular formula is C11H9FO6. The first kappa shape index (κ1) is 13.5. The lowest BCUT2D eigenvalue weighted by molar-refractivity contribution is -0.137. The third-order valence-electron chi connectivity index (χ3n) is 1.82. The molecule has 0 amide bonds.